The largest absolute Gasteiger partial charge is 0.497 e. The van der Waals surface area contributed by atoms with E-state index in [0.29, 0.717) is 32.8 Å². The molecule has 3 rings (SSSR count). The van der Waals surface area contributed by atoms with Gasteiger partial charge in [-0.2, -0.15) is 0 Å². The SMILES string of the molecule is COc1ccc(CN2CC(=O)NCCCCCOc3ccc(CCCO)cc3C2)cc1. The molecule has 2 aromatic rings. The van der Waals surface area contributed by atoms with Crippen LogP contribution in [0, 0.1) is 0 Å². The number of carbonyl (C=O) groups is 1. The van der Waals surface area contributed by atoms with Crippen LogP contribution in [0.15, 0.2) is 42.5 Å². The molecule has 0 saturated heterocycles. The maximum Gasteiger partial charge on any atom is 0.234 e. The third kappa shape index (κ3) is 7.56. The highest BCUT2D eigenvalue weighted by Crippen LogP contribution is 2.24. The Bertz CT molecular complexity index is 823. The number of benzene rings is 2. The number of carbonyl (C=O) groups excluding carboxylic acids is 1. The van der Waals surface area contributed by atoms with Crippen LogP contribution in [0.1, 0.15) is 42.4 Å². The summed E-state index contributed by atoms with van der Waals surface area (Å²) in [6.07, 6.45) is 4.51. The molecule has 0 aliphatic carbocycles. The van der Waals surface area contributed by atoms with Crippen molar-refractivity contribution in [1.82, 2.24) is 10.2 Å². The van der Waals surface area contributed by atoms with Gasteiger partial charge in [0.05, 0.1) is 20.3 Å². The van der Waals surface area contributed by atoms with Crippen molar-refractivity contribution in [3.05, 3.63) is 59.2 Å². The second-order valence-electron chi connectivity index (χ2n) is 8.02. The fourth-order valence-electron chi connectivity index (χ4n) is 3.81. The Hall–Kier alpha value is -2.57. The highest BCUT2D eigenvalue weighted by molar-refractivity contribution is 5.78. The van der Waals surface area contributed by atoms with Gasteiger partial charge in [0.25, 0.3) is 0 Å². The molecule has 1 heterocycles. The van der Waals surface area contributed by atoms with Gasteiger partial charge < -0.3 is 19.9 Å². The minimum Gasteiger partial charge on any atom is -0.497 e. The third-order valence-corrected chi connectivity index (χ3v) is 5.48. The van der Waals surface area contributed by atoms with Crippen LogP contribution in [-0.2, 0) is 24.3 Å². The summed E-state index contributed by atoms with van der Waals surface area (Å²) < 4.78 is 11.4. The molecule has 31 heavy (non-hydrogen) atoms. The predicted molar refractivity (Wildman–Crippen MR) is 121 cm³/mol. The zero-order chi connectivity index (χ0) is 21.9. The Morgan fingerprint density at radius 3 is 2.65 bits per heavy atom. The topological polar surface area (TPSA) is 71.0 Å². The lowest BCUT2D eigenvalue weighted by Gasteiger charge is -2.24. The van der Waals surface area contributed by atoms with Gasteiger partial charge in [-0.25, -0.2) is 0 Å². The number of aliphatic hydroxyl groups is 1. The van der Waals surface area contributed by atoms with Gasteiger partial charge in [0.1, 0.15) is 11.5 Å². The summed E-state index contributed by atoms with van der Waals surface area (Å²) in [4.78, 5) is 14.7. The van der Waals surface area contributed by atoms with Crippen molar-refractivity contribution in [3.8, 4) is 11.5 Å². The van der Waals surface area contributed by atoms with Gasteiger partial charge in [-0.3, -0.25) is 9.69 Å². The third-order valence-electron chi connectivity index (χ3n) is 5.48. The summed E-state index contributed by atoms with van der Waals surface area (Å²) in [7, 11) is 1.66. The first-order chi connectivity index (χ1) is 15.2. The van der Waals surface area contributed by atoms with Crippen molar-refractivity contribution >= 4 is 5.91 Å². The summed E-state index contributed by atoms with van der Waals surface area (Å²) in [6.45, 7) is 3.14. The van der Waals surface area contributed by atoms with Gasteiger partial charge in [0.2, 0.25) is 5.91 Å². The predicted octanol–water partition coefficient (Wildman–Crippen LogP) is 3.30. The molecule has 0 atom stereocenters. The molecule has 6 nitrogen and oxygen atoms in total. The van der Waals surface area contributed by atoms with Crippen LogP contribution in [0.3, 0.4) is 0 Å². The minimum absolute atomic E-state index is 0.0478. The van der Waals surface area contributed by atoms with E-state index in [-0.39, 0.29) is 12.5 Å². The number of ether oxygens (including phenoxy) is 2. The van der Waals surface area contributed by atoms with E-state index in [2.05, 4.69) is 22.3 Å². The van der Waals surface area contributed by atoms with E-state index < -0.39 is 0 Å². The molecule has 0 spiro atoms. The molecule has 2 N–H and O–H groups in total. The molecular weight excluding hydrogens is 392 g/mol. The number of hydrogen-bond acceptors (Lipinski definition) is 5. The van der Waals surface area contributed by atoms with Gasteiger partial charge in [0, 0.05) is 31.8 Å². The first kappa shape index (κ1) is 23.1. The van der Waals surface area contributed by atoms with E-state index in [1.54, 1.807) is 7.11 Å². The van der Waals surface area contributed by atoms with Crippen molar-refractivity contribution in [2.75, 3.05) is 33.4 Å². The van der Waals surface area contributed by atoms with E-state index >= 15 is 0 Å². The van der Waals surface area contributed by atoms with E-state index in [1.807, 2.05) is 30.3 Å². The number of methoxy groups -OCH3 is 1. The molecule has 0 bridgehead atoms. The van der Waals surface area contributed by atoms with E-state index in [1.165, 1.54) is 5.56 Å². The van der Waals surface area contributed by atoms with Gasteiger partial charge in [-0.05, 0) is 61.4 Å². The van der Waals surface area contributed by atoms with Crippen LogP contribution in [0.5, 0.6) is 11.5 Å². The smallest absolute Gasteiger partial charge is 0.234 e. The first-order valence-corrected chi connectivity index (χ1v) is 11.2. The van der Waals surface area contributed by atoms with Crippen LogP contribution >= 0.6 is 0 Å². The van der Waals surface area contributed by atoms with Crippen molar-refractivity contribution in [1.29, 1.82) is 0 Å². The summed E-state index contributed by atoms with van der Waals surface area (Å²) in [5.41, 5.74) is 3.38. The number of rotatable bonds is 6. The average molecular weight is 427 g/mol. The highest BCUT2D eigenvalue weighted by Gasteiger charge is 2.16. The summed E-state index contributed by atoms with van der Waals surface area (Å²) >= 11 is 0. The number of nitrogens with one attached hydrogen (secondary N) is 1. The normalized spacial score (nSPS) is 16.1. The van der Waals surface area contributed by atoms with Crippen molar-refractivity contribution in [2.24, 2.45) is 0 Å². The molecular formula is C25H34N2O4. The minimum atomic E-state index is 0.0478. The molecule has 1 aliphatic heterocycles. The molecule has 0 fully saturated rings. The Balaban J connectivity index is 1.84. The zero-order valence-corrected chi connectivity index (χ0v) is 18.4. The highest BCUT2D eigenvalue weighted by atomic mass is 16.5. The lowest BCUT2D eigenvalue weighted by molar-refractivity contribution is -0.122. The number of fused-ring (bicyclic) bond motifs is 1. The monoisotopic (exact) mass is 426 g/mol. The summed E-state index contributed by atoms with van der Waals surface area (Å²) in [5.74, 6) is 1.75. The van der Waals surface area contributed by atoms with Gasteiger partial charge in [0.15, 0.2) is 0 Å². The molecule has 0 radical (unpaired) electrons. The van der Waals surface area contributed by atoms with Crippen LogP contribution in [-0.4, -0.2) is 49.3 Å². The molecule has 1 aliphatic rings. The molecule has 0 unspecified atom stereocenters. The van der Waals surface area contributed by atoms with Crippen LogP contribution < -0.4 is 14.8 Å². The number of aryl methyl sites for hydroxylation is 1. The molecule has 6 heteroatoms. The summed E-state index contributed by atoms with van der Waals surface area (Å²) in [6, 6.07) is 14.2. The van der Waals surface area contributed by atoms with Crippen LogP contribution in [0.4, 0.5) is 0 Å². The quantitative estimate of drug-likeness (QED) is 0.742. The molecule has 1 amide bonds. The molecule has 168 valence electrons. The lowest BCUT2D eigenvalue weighted by Crippen LogP contribution is -2.37. The van der Waals surface area contributed by atoms with Gasteiger partial charge >= 0.3 is 0 Å². The Kier molecular flexibility index (Phi) is 9.18. The second-order valence-corrected chi connectivity index (χ2v) is 8.02. The Morgan fingerprint density at radius 2 is 1.87 bits per heavy atom. The van der Waals surface area contributed by atoms with Crippen molar-refractivity contribution < 1.29 is 19.4 Å². The van der Waals surface area contributed by atoms with Gasteiger partial charge in [-0.15, -0.1) is 0 Å². The van der Waals surface area contributed by atoms with Crippen LogP contribution in [0.25, 0.3) is 0 Å². The number of nitrogens with zero attached hydrogens (tertiary/aromatic N) is 1. The van der Waals surface area contributed by atoms with Crippen molar-refractivity contribution in [2.45, 2.75) is 45.2 Å². The molecule has 0 saturated carbocycles. The maximum absolute atomic E-state index is 12.6. The van der Waals surface area contributed by atoms with Crippen LogP contribution in [0.2, 0.25) is 0 Å². The average Bonchev–Trinajstić information content (AvgIpc) is 2.79. The lowest BCUT2D eigenvalue weighted by atomic mass is 10.0. The molecule has 2 aromatic carbocycles. The Labute approximate surface area is 185 Å². The van der Waals surface area contributed by atoms with E-state index in [0.717, 1.165) is 54.7 Å². The maximum atomic E-state index is 12.6. The Morgan fingerprint density at radius 1 is 1.06 bits per heavy atom. The summed E-state index contributed by atoms with van der Waals surface area (Å²) in [5, 5.41) is 12.2. The first-order valence-electron chi connectivity index (χ1n) is 11.2. The number of amides is 1. The zero-order valence-electron chi connectivity index (χ0n) is 18.4. The fraction of sp³-hybridized carbons (Fsp3) is 0.480. The van der Waals surface area contributed by atoms with E-state index in [9.17, 15) is 9.90 Å². The van der Waals surface area contributed by atoms with Crippen molar-refractivity contribution in [3.63, 3.8) is 0 Å². The number of hydrogen-bond donors (Lipinski definition) is 2. The fourth-order valence-corrected chi connectivity index (χ4v) is 3.81. The van der Waals surface area contributed by atoms with Gasteiger partial charge in [-0.1, -0.05) is 24.3 Å². The standard InChI is InChI=1S/C25H34N2O4/c1-30-23-10-7-21(8-11-23)17-27-18-22-16-20(6-5-14-28)9-12-24(22)31-15-4-2-3-13-26-25(29)19-27/h7-12,16,28H,2-6,13-15,17-19H2,1H3,(H,26,29). The second kappa shape index (κ2) is 12.3. The molecule has 0 aromatic heterocycles. The van der Waals surface area contributed by atoms with E-state index in [4.69, 9.17) is 9.47 Å². The number of aliphatic hydroxyl groups excluding tert-OH is 1.